The zero-order chi connectivity index (χ0) is 21.0. The fourth-order valence-corrected chi connectivity index (χ4v) is 4.55. The number of hydrogen-bond donors (Lipinski definition) is 3. The van der Waals surface area contributed by atoms with Gasteiger partial charge in [0.25, 0.3) is 0 Å². The number of benzene rings is 1. The smallest absolute Gasteiger partial charge is 0.315 e. The van der Waals surface area contributed by atoms with Gasteiger partial charge in [-0.05, 0) is 57.2 Å². The summed E-state index contributed by atoms with van der Waals surface area (Å²) < 4.78 is 25.3. The molecule has 9 heteroatoms. The number of carbonyl (C=O) groups excluding carboxylic acids is 2. The Bertz CT molecular complexity index is 829. The molecule has 8 nitrogen and oxygen atoms in total. The molecular weight excluding hydrogens is 392 g/mol. The molecule has 3 amide bonds. The van der Waals surface area contributed by atoms with Gasteiger partial charge in [-0.1, -0.05) is 12.1 Å². The van der Waals surface area contributed by atoms with Crippen LogP contribution in [0.3, 0.4) is 0 Å². The first-order valence-corrected chi connectivity index (χ1v) is 11.8. The topological polar surface area (TPSA) is 108 Å². The van der Waals surface area contributed by atoms with Crippen molar-refractivity contribution in [2.75, 3.05) is 24.2 Å². The molecular formula is C20H30N4O4S. The van der Waals surface area contributed by atoms with Crippen LogP contribution in [0.25, 0.3) is 0 Å². The highest BCUT2D eigenvalue weighted by Gasteiger charge is 2.29. The SMILES string of the molecule is CCS(=O)(=O)N1CCC(NC(=O)NC(C)c2ccc(NC(=O)C3CC3)cc2)CC1. The van der Waals surface area contributed by atoms with E-state index in [0.29, 0.717) is 25.9 Å². The lowest BCUT2D eigenvalue weighted by atomic mass is 10.1. The Balaban J connectivity index is 1.44. The summed E-state index contributed by atoms with van der Waals surface area (Å²) >= 11 is 0. The number of nitrogens with zero attached hydrogens (tertiary/aromatic N) is 1. The minimum atomic E-state index is -3.16. The highest BCUT2D eigenvalue weighted by atomic mass is 32.2. The third-order valence-corrected chi connectivity index (χ3v) is 7.40. The van der Waals surface area contributed by atoms with Crippen LogP contribution in [0.1, 0.15) is 51.1 Å². The number of piperidine rings is 1. The monoisotopic (exact) mass is 422 g/mol. The maximum absolute atomic E-state index is 12.3. The molecule has 1 heterocycles. The van der Waals surface area contributed by atoms with Gasteiger partial charge in [0.1, 0.15) is 0 Å². The number of amides is 3. The number of anilines is 1. The lowest BCUT2D eigenvalue weighted by Gasteiger charge is -2.31. The van der Waals surface area contributed by atoms with E-state index in [-0.39, 0.29) is 35.7 Å². The van der Waals surface area contributed by atoms with Crippen LogP contribution in [-0.4, -0.2) is 49.5 Å². The largest absolute Gasteiger partial charge is 0.335 e. The highest BCUT2D eigenvalue weighted by molar-refractivity contribution is 7.89. The quantitative estimate of drug-likeness (QED) is 0.626. The maximum Gasteiger partial charge on any atom is 0.315 e. The Kier molecular flexibility index (Phi) is 6.79. The zero-order valence-electron chi connectivity index (χ0n) is 17.0. The first kappa shape index (κ1) is 21.6. The molecule has 1 aromatic rings. The predicted octanol–water partition coefficient (Wildman–Crippen LogP) is 2.21. The lowest BCUT2D eigenvalue weighted by Crippen LogP contribution is -2.49. The Morgan fingerprint density at radius 1 is 1.10 bits per heavy atom. The fraction of sp³-hybridized carbons (Fsp3) is 0.600. The summed E-state index contributed by atoms with van der Waals surface area (Å²) in [7, 11) is -3.16. The van der Waals surface area contributed by atoms with Gasteiger partial charge in [-0.25, -0.2) is 17.5 Å². The molecule has 1 aliphatic carbocycles. The van der Waals surface area contributed by atoms with E-state index in [2.05, 4.69) is 16.0 Å². The molecule has 160 valence electrons. The van der Waals surface area contributed by atoms with Crippen molar-refractivity contribution >= 4 is 27.6 Å². The van der Waals surface area contributed by atoms with E-state index in [4.69, 9.17) is 0 Å². The maximum atomic E-state index is 12.3. The van der Waals surface area contributed by atoms with E-state index in [1.165, 1.54) is 4.31 Å². The molecule has 2 fully saturated rings. The van der Waals surface area contributed by atoms with E-state index < -0.39 is 10.0 Å². The first-order valence-electron chi connectivity index (χ1n) is 10.2. The molecule has 1 unspecified atom stereocenters. The second-order valence-electron chi connectivity index (χ2n) is 7.80. The van der Waals surface area contributed by atoms with Gasteiger partial charge < -0.3 is 16.0 Å². The number of urea groups is 1. The van der Waals surface area contributed by atoms with Gasteiger partial charge in [0.2, 0.25) is 15.9 Å². The minimum Gasteiger partial charge on any atom is -0.335 e. The molecule has 0 radical (unpaired) electrons. The second-order valence-corrected chi connectivity index (χ2v) is 10.1. The third kappa shape index (κ3) is 5.93. The molecule has 1 saturated carbocycles. The van der Waals surface area contributed by atoms with Gasteiger partial charge in [-0.3, -0.25) is 4.79 Å². The van der Waals surface area contributed by atoms with E-state index in [1.54, 1.807) is 6.92 Å². The fourth-order valence-electron chi connectivity index (χ4n) is 3.41. The molecule has 0 bridgehead atoms. The van der Waals surface area contributed by atoms with Crippen LogP contribution in [0, 0.1) is 5.92 Å². The number of rotatable bonds is 7. The van der Waals surface area contributed by atoms with Gasteiger partial charge in [0.05, 0.1) is 11.8 Å². The average Bonchev–Trinajstić information content (AvgIpc) is 3.54. The van der Waals surface area contributed by atoms with Crippen molar-refractivity contribution in [3.63, 3.8) is 0 Å². The molecule has 0 aromatic heterocycles. The minimum absolute atomic E-state index is 0.0366. The molecule has 3 N–H and O–H groups in total. The molecule has 1 saturated heterocycles. The molecule has 3 rings (SSSR count). The Morgan fingerprint density at radius 2 is 1.72 bits per heavy atom. The highest BCUT2D eigenvalue weighted by Crippen LogP contribution is 2.30. The van der Waals surface area contributed by atoms with Gasteiger partial charge in [0.15, 0.2) is 0 Å². The summed E-state index contributed by atoms with van der Waals surface area (Å²) in [6, 6.07) is 6.98. The van der Waals surface area contributed by atoms with Crippen molar-refractivity contribution in [3.8, 4) is 0 Å². The van der Waals surface area contributed by atoms with Crippen LogP contribution < -0.4 is 16.0 Å². The van der Waals surface area contributed by atoms with Crippen LogP contribution in [0.5, 0.6) is 0 Å². The zero-order valence-corrected chi connectivity index (χ0v) is 17.8. The lowest BCUT2D eigenvalue weighted by molar-refractivity contribution is -0.117. The van der Waals surface area contributed by atoms with Crippen molar-refractivity contribution < 1.29 is 18.0 Å². The van der Waals surface area contributed by atoms with Gasteiger partial charge in [0, 0.05) is 30.7 Å². The van der Waals surface area contributed by atoms with Gasteiger partial charge in [-0.2, -0.15) is 0 Å². The number of hydrogen-bond acceptors (Lipinski definition) is 4. The predicted molar refractivity (Wildman–Crippen MR) is 112 cm³/mol. The van der Waals surface area contributed by atoms with Crippen molar-refractivity contribution in [2.24, 2.45) is 5.92 Å². The summed E-state index contributed by atoms with van der Waals surface area (Å²) in [6.07, 6.45) is 3.15. The number of nitrogens with one attached hydrogen (secondary N) is 3. The van der Waals surface area contributed by atoms with E-state index in [9.17, 15) is 18.0 Å². The van der Waals surface area contributed by atoms with Crippen LogP contribution in [-0.2, 0) is 14.8 Å². The van der Waals surface area contributed by atoms with E-state index >= 15 is 0 Å². The standard InChI is InChI=1S/C20H30N4O4S/c1-3-29(27,28)24-12-10-18(11-13-24)23-20(26)21-14(2)15-6-8-17(9-7-15)22-19(25)16-4-5-16/h6-9,14,16,18H,3-5,10-13H2,1-2H3,(H,22,25)(H2,21,23,26). The number of carbonyl (C=O) groups is 2. The van der Waals surface area contributed by atoms with Crippen LogP contribution in [0.4, 0.5) is 10.5 Å². The Labute approximate surface area is 172 Å². The summed E-state index contributed by atoms with van der Waals surface area (Å²) in [5.41, 5.74) is 1.70. The number of sulfonamides is 1. The van der Waals surface area contributed by atoms with Crippen LogP contribution in [0.2, 0.25) is 0 Å². The normalized spacial score (nSPS) is 19.4. The van der Waals surface area contributed by atoms with Crippen molar-refractivity contribution in [2.45, 2.75) is 51.6 Å². The second kappa shape index (κ2) is 9.13. The summed E-state index contributed by atoms with van der Waals surface area (Å²) in [5, 5.41) is 8.75. The van der Waals surface area contributed by atoms with Gasteiger partial charge in [-0.15, -0.1) is 0 Å². The van der Waals surface area contributed by atoms with Crippen LogP contribution >= 0.6 is 0 Å². The van der Waals surface area contributed by atoms with E-state index in [1.807, 2.05) is 31.2 Å². The third-order valence-electron chi connectivity index (χ3n) is 5.52. The average molecular weight is 423 g/mol. The molecule has 2 aliphatic rings. The molecule has 0 spiro atoms. The van der Waals surface area contributed by atoms with Gasteiger partial charge >= 0.3 is 6.03 Å². The Hall–Kier alpha value is -2.13. The van der Waals surface area contributed by atoms with E-state index in [0.717, 1.165) is 24.1 Å². The molecule has 1 aromatic carbocycles. The summed E-state index contributed by atoms with van der Waals surface area (Å²) in [6.45, 7) is 4.41. The van der Waals surface area contributed by atoms with Crippen LogP contribution in [0.15, 0.2) is 24.3 Å². The molecule has 1 aliphatic heterocycles. The molecule has 29 heavy (non-hydrogen) atoms. The molecule has 1 atom stereocenters. The van der Waals surface area contributed by atoms with Crippen molar-refractivity contribution in [1.82, 2.24) is 14.9 Å². The van der Waals surface area contributed by atoms with Crippen molar-refractivity contribution in [3.05, 3.63) is 29.8 Å². The first-order chi connectivity index (χ1) is 13.8. The van der Waals surface area contributed by atoms with Crippen molar-refractivity contribution in [1.29, 1.82) is 0 Å². The summed E-state index contributed by atoms with van der Waals surface area (Å²) in [5.74, 6) is 0.334. The Morgan fingerprint density at radius 3 is 2.28 bits per heavy atom. The summed E-state index contributed by atoms with van der Waals surface area (Å²) in [4.78, 5) is 24.1.